The topological polar surface area (TPSA) is 77.6 Å². The van der Waals surface area contributed by atoms with Crippen LogP contribution < -0.4 is 19.9 Å². The second-order valence-corrected chi connectivity index (χ2v) is 5.67. The maximum atomic E-state index is 7.54. The number of hydrogen-bond acceptors (Lipinski definition) is 4. The summed E-state index contributed by atoms with van der Waals surface area (Å²) in [6, 6.07) is 15.1. The number of amidine groups is 1. The van der Waals surface area contributed by atoms with Crippen LogP contribution in [-0.2, 0) is 0 Å². The molecule has 0 bridgehead atoms. The highest BCUT2D eigenvalue weighted by Crippen LogP contribution is 2.26. The van der Waals surface area contributed by atoms with Gasteiger partial charge in [-0.05, 0) is 49.9 Å². The Morgan fingerprint density at radius 3 is 1.92 bits per heavy atom. The summed E-state index contributed by atoms with van der Waals surface area (Å²) < 4.78 is 16.7. The highest BCUT2D eigenvalue weighted by atomic mass is 16.5. The summed E-state index contributed by atoms with van der Waals surface area (Å²) in [6.45, 7) is 1.30. The second kappa shape index (κ2) is 10.2. The molecule has 134 valence electrons. The molecule has 2 rings (SSSR count). The van der Waals surface area contributed by atoms with Crippen LogP contribution in [0.15, 0.2) is 48.5 Å². The molecule has 0 saturated heterocycles. The van der Waals surface area contributed by atoms with E-state index in [0.29, 0.717) is 24.5 Å². The second-order valence-electron chi connectivity index (χ2n) is 5.67. The average molecular weight is 342 g/mol. The van der Waals surface area contributed by atoms with Gasteiger partial charge in [0.1, 0.15) is 11.6 Å². The van der Waals surface area contributed by atoms with Gasteiger partial charge in [0.15, 0.2) is 11.5 Å². The number of hydrogen-bond donors (Lipinski definition) is 2. The summed E-state index contributed by atoms with van der Waals surface area (Å²) in [4.78, 5) is 0. The fourth-order valence-electron chi connectivity index (χ4n) is 2.47. The molecule has 0 unspecified atom stereocenters. The van der Waals surface area contributed by atoms with Crippen molar-refractivity contribution < 1.29 is 14.2 Å². The van der Waals surface area contributed by atoms with E-state index in [2.05, 4.69) is 0 Å². The molecule has 0 aliphatic carbocycles. The number of nitrogens with one attached hydrogen (secondary N) is 1. The first-order chi connectivity index (χ1) is 12.2. The number of benzene rings is 2. The summed E-state index contributed by atoms with van der Waals surface area (Å²) in [7, 11) is 1.65. The minimum absolute atomic E-state index is 0.0316. The molecule has 0 amide bonds. The third-order valence-electron chi connectivity index (χ3n) is 3.80. The third kappa shape index (κ3) is 6.03. The fraction of sp³-hybridized carbons (Fsp3) is 0.350. The Kier molecular flexibility index (Phi) is 7.63. The lowest BCUT2D eigenvalue weighted by Gasteiger charge is -2.11. The van der Waals surface area contributed by atoms with Gasteiger partial charge in [-0.15, -0.1) is 0 Å². The molecule has 0 aliphatic rings. The first kappa shape index (κ1) is 18.6. The van der Waals surface area contributed by atoms with Crippen LogP contribution >= 0.6 is 0 Å². The molecule has 0 aromatic heterocycles. The highest BCUT2D eigenvalue weighted by Gasteiger charge is 2.05. The van der Waals surface area contributed by atoms with Gasteiger partial charge in [0.05, 0.1) is 25.9 Å². The van der Waals surface area contributed by atoms with E-state index < -0.39 is 0 Å². The molecule has 0 fully saturated rings. The Labute approximate surface area is 149 Å². The Morgan fingerprint density at radius 1 is 0.800 bits per heavy atom. The molecule has 2 aromatic rings. The summed E-state index contributed by atoms with van der Waals surface area (Å²) in [5.74, 6) is 2.26. The zero-order valence-electron chi connectivity index (χ0n) is 14.7. The molecular formula is C20H26N2O3. The van der Waals surface area contributed by atoms with Crippen molar-refractivity contribution in [3.63, 3.8) is 0 Å². The fourth-order valence-corrected chi connectivity index (χ4v) is 2.47. The van der Waals surface area contributed by atoms with E-state index in [1.807, 2.05) is 42.5 Å². The standard InChI is InChI=1S/C20H26N2O3/c1-23-18-12-6-7-13-19(18)25-15-9-3-2-8-14-24-17-11-5-4-10-16(17)20(21)22/h4-7,10-13H,2-3,8-9,14-15H2,1H3,(H3,21,22). The smallest absolute Gasteiger partial charge is 0.161 e. The van der Waals surface area contributed by atoms with E-state index in [1.165, 1.54) is 0 Å². The van der Waals surface area contributed by atoms with Gasteiger partial charge in [0.25, 0.3) is 0 Å². The molecule has 3 N–H and O–H groups in total. The first-order valence-corrected chi connectivity index (χ1v) is 8.54. The molecule has 25 heavy (non-hydrogen) atoms. The number of ether oxygens (including phenoxy) is 3. The third-order valence-corrected chi connectivity index (χ3v) is 3.80. The van der Waals surface area contributed by atoms with Crippen molar-refractivity contribution in [2.45, 2.75) is 25.7 Å². The van der Waals surface area contributed by atoms with Crippen molar-refractivity contribution in [2.75, 3.05) is 20.3 Å². The predicted molar refractivity (Wildman–Crippen MR) is 99.9 cm³/mol. The van der Waals surface area contributed by atoms with Crippen LogP contribution in [0.5, 0.6) is 17.2 Å². The van der Waals surface area contributed by atoms with Crippen LogP contribution in [0.2, 0.25) is 0 Å². The Bertz CT molecular complexity index is 673. The van der Waals surface area contributed by atoms with Gasteiger partial charge in [-0.25, -0.2) is 0 Å². The van der Waals surface area contributed by atoms with Gasteiger partial charge in [0, 0.05) is 0 Å². The van der Waals surface area contributed by atoms with Crippen molar-refractivity contribution >= 4 is 5.84 Å². The molecule has 5 heteroatoms. The number of unbranched alkanes of at least 4 members (excludes halogenated alkanes) is 3. The van der Waals surface area contributed by atoms with E-state index in [0.717, 1.165) is 37.2 Å². The quantitative estimate of drug-likeness (QED) is 0.368. The SMILES string of the molecule is COc1ccccc1OCCCCCCOc1ccccc1C(=N)N. The number of nitrogens with two attached hydrogens (primary N) is 1. The predicted octanol–water partition coefficient (Wildman–Crippen LogP) is 4.00. The Morgan fingerprint density at radius 2 is 1.32 bits per heavy atom. The van der Waals surface area contributed by atoms with Crippen molar-refractivity contribution in [3.8, 4) is 17.2 Å². The van der Waals surface area contributed by atoms with E-state index in [1.54, 1.807) is 13.2 Å². The van der Waals surface area contributed by atoms with Crippen LogP contribution in [0.4, 0.5) is 0 Å². The lowest BCUT2D eigenvalue weighted by molar-refractivity contribution is 0.276. The number of nitrogen functional groups attached to an aromatic ring is 1. The van der Waals surface area contributed by atoms with Crippen molar-refractivity contribution in [3.05, 3.63) is 54.1 Å². The maximum Gasteiger partial charge on any atom is 0.161 e. The maximum absolute atomic E-state index is 7.54. The lowest BCUT2D eigenvalue weighted by atomic mass is 10.2. The minimum atomic E-state index is 0.0316. The zero-order chi connectivity index (χ0) is 17.9. The van der Waals surface area contributed by atoms with E-state index >= 15 is 0 Å². The molecule has 0 spiro atoms. The molecule has 0 atom stereocenters. The normalized spacial score (nSPS) is 10.3. The molecule has 0 radical (unpaired) electrons. The van der Waals surface area contributed by atoms with Gasteiger partial charge in [0.2, 0.25) is 0 Å². The van der Waals surface area contributed by atoms with Gasteiger partial charge >= 0.3 is 0 Å². The summed E-state index contributed by atoms with van der Waals surface area (Å²) in [5, 5.41) is 7.54. The summed E-state index contributed by atoms with van der Waals surface area (Å²) in [5.41, 5.74) is 6.19. The van der Waals surface area contributed by atoms with Crippen LogP contribution in [0.3, 0.4) is 0 Å². The number of methoxy groups -OCH3 is 1. The van der Waals surface area contributed by atoms with Crippen LogP contribution in [0.1, 0.15) is 31.2 Å². The molecule has 0 aliphatic heterocycles. The van der Waals surface area contributed by atoms with Gasteiger partial charge < -0.3 is 19.9 Å². The molecule has 0 heterocycles. The Hall–Kier alpha value is -2.69. The average Bonchev–Trinajstić information content (AvgIpc) is 2.64. The van der Waals surface area contributed by atoms with Crippen molar-refractivity contribution in [1.29, 1.82) is 5.41 Å². The highest BCUT2D eigenvalue weighted by molar-refractivity contribution is 5.97. The Balaban J connectivity index is 1.59. The van der Waals surface area contributed by atoms with Gasteiger partial charge in [-0.1, -0.05) is 24.3 Å². The van der Waals surface area contributed by atoms with Gasteiger partial charge in [-0.2, -0.15) is 0 Å². The summed E-state index contributed by atoms with van der Waals surface area (Å²) >= 11 is 0. The monoisotopic (exact) mass is 342 g/mol. The van der Waals surface area contributed by atoms with E-state index in [4.69, 9.17) is 25.4 Å². The number of rotatable bonds is 11. The minimum Gasteiger partial charge on any atom is -0.493 e. The molecule has 2 aromatic carbocycles. The van der Waals surface area contributed by atoms with Crippen LogP contribution in [-0.4, -0.2) is 26.2 Å². The van der Waals surface area contributed by atoms with Crippen LogP contribution in [0.25, 0.3) is 0 Å². The molecular weight excluding hydrogens is 316 g/mol. The van der Waals surface area contributed by atoms with Crippen molar-refractivity contribution in [1.82, 2.24) is 0 Å². The lowest BCUT2D eigenvalue weighted by Crippen LogP contribution is -2.13. The zero-order valence-corrected chi connectivity index (χ0v) is 14.7. The molecule has 0 saturated carbocycles. The van der Waals surface area contributed by atoms with E-state index in [-0.39, 0.29) is 5.84 Å². The van der Waals surface area contributed by atoms with E-state index in [9.17, 15) is 0 Å². The van der Waals surface area contributed by atoms with Crippen molar-refractivity contribution in [2.24, 2.45) is 5.73 Å². The van der Waals surface area contributed by atoms with Gasteiger partial charge in [-0.3, -0.25) is 5.41 Å². The number of para-hydroxylation sites is 3. The summed E-state index contributed by atoms with van der Waals surface area (Å²) in [6.07, 6.45) is 4.09. The van der Waals surface area contributed by atoms with Crippen LogP contribution in [0, 0.1) is 5.41 Å². The molecule has 5 nitrogen and oxygen atoms in total. The largest absolute Gasteiger partial charge is 0.493 e. The first-order valence-electron chi connectivity index (χ1n) is 8.54.